The topological polar surface area (TPSA) is 237 Å². The largest absolute Gasteiger partial charge is 0.378 e. The van der Waals surface area contributed by atoms with Gasteiger partial charge in [0.15, 0.2) is 0 Å². The van der Waals surface area contributed by atoms with E-state index in [4.69, 9.17) is 86.4 Å². The SMILES string of the molecule is NCCOCCOCCOCCOCCOCCOCCOCCOCCOCCOCCOCCOCCOCCOCCOCCOCCC(=O)ON1C(=O)CCC1=O. The van der Waals surface area contributed by atoms with Gasteiger partial charge in [-0.3, -0.25) is 9.59 Å². The van der Waals surface area contributed by atoms with Crippen LogP contribution in [0.1, 0.15) is 19.3 Å². The van der Waals surface area contributed by atoms with E-state index in [1.165, 1.54) is 0 Å². The summed E-state index contributed by atoms with van der Waals surface area (Å²) in [6.07, 6.45) is 0.0329. The minimum Gasteiger partial charge on any atom is -0.378 e. The fourth-order valence-corrected chi connectivity index (χ4v) is 4.44. The Hall–Kier alpha value is -2.07. The normalized spacial score (nSPS) is 13.0. The van der Waals surface area contributed by atoms with E-state index in [2.05, 4.69) is 0 Å². The van der Waals surface area contributed by atoms with Crippen molar-refractivity contribution < 1.29 is 95.0 Å². The van der Waals surface area contributed by atoms with Gasteiger partial charge in [0.2, 0.25) is 0 Å². The molecule has 0 aromatic rings. The molecular weight excluding hydrogens is 816 g/mol. The minimum absolute atomic E-state index is 0.0555. The first-order chi connectivity index (χ1) is 30.1. The molecule has 2 N–H and O–H groups in total. The van der Waals surface area contributed by atoms with Gasteiger partial charge < -0.3 is 86.4 Å². The average Bonchev–Trinajstić information content (AvgIpc) is 3.58. The van der Waals surface area contributed by atoms with Crippen molar-refractivity contribution in [3.05, 3.63) is 0 Å². The number of rotatable bonds is 51. The zero-order chi connectivity index (χ0) is 43.8. The summed E-state index contributed by atoms with van der Waals surface area (Å²) in [4.78, 5) is 39.3. The summed E-state index contributed by atoms with van der Waals surface area (Å²) in [6.45, 7) is 15.2. The van der Waals surface area contributed by atoms with Gasteiger partial charge in [-0.15, -0.1) is 5.06 Å². The quantitative estimate of drug-likeness (QED) is 0.0582. The number of hydrogen-bond acceptors (Lipinski definition) is 21. The van der Waals surface area contributed by atoms with E-state index in [-0.39, 0.29) is 32.5 Å². The van der Waals surface area contributed by atoms with Crippen LogP contribution in [0, 0.1) is 0 Å². The molecule has 1 rings (SSSR count). The van der Waals surface area contributed by atoms with E-state index in [9.17, 15) is 14.4 Å². The van der Waals surface area contributed by atoms with Crippen molar-refractivity contribution >= 4 is 17.8 Å². The molecule has 0 aromatic heterocycles. The molecule has 0 saturated carbocycles. The molecule has 1 aliphatic heterocycles. The zero-order valence-corrected chi connectivity index (χ0v) is 36.1. The van der Waals surface area contributed by atoms with Gasteiger partial charge in [-0.25, -0.2) is 4.79 Å². The van der Waals surface area contributed by atoms with Crippen LogP contribution in [0.15, 0.2) is 0 Å². The smallest absolute Gasteiger partial charge is 0.335 e. The molecule has 2 amide bonds. The molecule has 22 nitrogen and oxygen atoms in total. The summed E-state index contributed by atoms with van der Waals surface area (Å²) in [7, 11) is 0. The molecule has 1 aliphatic rings. The Kier molecular flexibility index (Phi) is 44.3. The Morgan fingerprint density at radius 2 is 0.508 bits per heavy atom. The monoisotopic (exact) mass is 890 g/mol. The zero-order valence-electron chi connectivity index (χ0n) is 36.1. The van der Waals surface area contributed by atoms with Crippen LogP contribution in [0.3, 0.4) is 0 Å². The van der Waals surface area contributed by atoms with Crippen molar-refractivity contribution in [2.24, 2.45) is 5.73 Å². The Morgan fingerprint density at radius 3 is 0.705 bits per heavy atom. The molecule has 0 unspecified atom stereocenters. The number of carbonyl (C=O) groups excluding carboxylic acids is 3. The third-order valence-electron chi connectivity index (χ3n) is 7.49. The fourth-order valence-electron chi connectivity index (χ4n) is 4.44. The van der Waals surface area contributed by atoms with Gasteiger partial charge in [0.05, 0.1) is 218 Å². The second kappa shape index (κ2) is 47.4. The second-order valence-electron chi connectivity index (χ2n) is 12.4. The van der Waals surface area contributed by atoms with Gasteiger partial charge in [0.25, 0.3) is 11.8 Å². The lowest BCUT2D eigenvalue weighted by Gasteiger charge is -2.12. The highest BCUT2D eigenvalue weighted by atomic mass is 16.7. The molecule has 22 heteroatoms. The number of nitrogens with zero attached hydrogens (tertiary/aromatic N) is 1. The number of ether oxygens (including phenoxy) is 16. The molecule has 61 heavy (non-hydrogen) atoms. The summed E-state index contributed by atoms with van der Waals surface area (Å²) >= 11 is 0. The molecule has 1 saturated heterocycles. The number of amides is 2. The number of nitrogens with two attached hydrogens (primary N) is 1. The van der Waals surface area contributed by atoms with Gasteiger partial charge in [-0.2, -0.15) is 0 Å². The van der Waals surface area contributed by atoms with Crippen LogP contribution in [-0.2, 0) is 95.0 Å². The molecule has 1 heterocycles. The lowest BCUT2D eigenvalue weighted by molar-refractivity contribution is -0.198. The van der Waals surface area contributed by atoms with Gasteiger partial charge in [0.1, 0.15) is 0 Å². The third-order valence-corrected chi connectivity index (χ3v) is 7.49. The highest BCUT2D eigenvalue weighted by molar-refractivity contribution is 6.01. The van der Waals surface area contributed by atoms with Crippen LogP contribution in [-0.4, -0.2) is 241 Å². The highest BCUT2D eigenvalue weighted by Crippen LogP contribution is 2.12. The molecule has 0 aliphatic carbocycles. The van der Waals surface area contributed by atoms with Crippen molar-refractivity contribution in [3.63, 3.8) is 0 Å². The first-order valence-electron chi connectivity index (χ1n) is 21.2. The van der Waals surface area contributed by atoms with E-state index in [1.807, 2.05) is 0 Å². The maximum atomic E-state index is 11.7. The third kappa shape index (κ3) is 41.7. The number of hydrogen-bond donors (Lipinski definition) is 1. The van der Waals surface area contributed by atoms with Crippen LogP contribution in [0.4, 0.5) is 0 Å². The lowest BCUT2D eigenvalue weighted by atomic mass is 10.4. The van der Waals surface area contributed by atoms with Crippen molar-refractivity contribution in [3.8, 4) is 0 Å². The minimum atomic E-state index is -0.702. The molecular formula is C39H74N2O20. The standard InChI is InChI=1S/C39H74N2O20/c40-4-6-46-8-10-48-12-14-50-16-18-52-20-22-54-24-26-56-28-30-58-32-34-60-36-35-59-33-31-57-29-27-55-25-23-53-21-19-51-17-15-49-13-11-47-9-7-45-5-3-39(44)61-41-37(42)1-2-38(41)43/h1-36,40H2. The van der Waals surface area contributed by atoms with Crippen LogP contribution in [0.25, 0.3) is 0 Å². The van der Waals surface area contributed by atoms with E-state index in [0.717, 1.165) is 0 Å². The number of hydroxylamine groups is 2. The van der Waals surface area contributed by atoms with Crippen molar-refractivity contribution in [2.45, 2.75) is 19.3 Å². The van der Waals surface area contributed by atoms with E-state index in [0.29, 0.717) is 210 Å². The molecule has 0 aromatic carbocycles. The van der Waals surface area contributed by atoms with Crippen molar-refractivity contribution in [2.75, 3.05) is 218 Å². The molecule has 0 spiro atoms. The van der Waals surface area contributed by atoms with Crippen LogP contribution in [0.2, 0.25) is 0 Å². The second-order valence-corrected chi connectivity index (χ2v) is 12.4. The van der Waals surface area contributed by atoms with Gasteiger partial charge >= 0.3 is 5.97 Å². The Balaban J connectivity index is 1.61. The summed E-state index contributed by atoms with van der Waals surface area (Å²) in [5, 5.41) is 0.517. The molecule has 1 fully saturated rings. The van der Waals surface area contributed by atoms with Crippen LogP contribution in [0.5, 0.6) is 0 Å². The first-order valence-corrected chi connectivity index (χ1v) is 21.2. The Bertz CT molecular complexity index is 958. The maximum absolute atomic E-state index is 11.7. The van der Waals surface area contributed by atoms with E-state index in [1.54, 1.807) is 0 Å². The predicted molar refractivity (Wildman–Crippen MR) is 214 cm³/mol. The van der Waals surface area contributed by atoms with Gasteiger partial charge in [0, 0.05) is 19.4 Å². The Labute approximate surface area is 360 Å². The fraction of sp³-hybridized carbons (Fsp3) is 0.923. The number of carbonyl (C=O) groups is 3. The van der Waals surface area contributed by atoms with Crippen molar-refractivity contribution in [1.82, 2.24) is 5.06 Å². The lowest BCUT2D eigenvalue weighted by Crippen LogP contribution is -2.32. The maximum Gasteiger partial charge on any atom is 0.335 e. The molecule has 0 bridgehead atoms. The summed E-state index contributed by atoms with van der Waals surface area (Å²) < 4.78 is 86.9. The van der Waals surface area contributed by atoms with Gasteiger partial charge in [-0.1, -0.05) is 0 Å². The first kappa shape index (κ1) is 56.9. The van der Waals surface area contributed by atoms with E-state index >= 15 is 0 Å². The average molecular weight is 891 g/mol. The molecule has 0 atom stereocenters. The highest BCUT2D eigenvalue weighted by Gasteiger charge is 2.32. The van der Waals surface area contributed by atoms with Crippen LogP contribution < -0.4 is 5.73 Å². The van der Waals surface area contributed by atoms with E-state index < -0.39 is 17.8 Å². The Morgan fingerprint density at radius 1 is 0.328 bits per heavy atom. The number of imide groups is 1. The van der Waals surface area contributed by atoms with Crippen molar-refractivity contribution in [1.29, 1.82) is 0 Å². The van der Waals surface area contributed by atoms with Gasteiger partial charge in [-0.05, 0) is 0 Å². The summed E-state index contributed by atoms with van der Waals surface area (Å²) in [5.41, 5.74) is 5.34. The predicted octanol–water partition coefficient (Wildman–Crippen LogP) is -0.792. The molecule has 0 radical (unpaired) electrons. The summed E-state index contributed by atoms with van der Waals surface area (Å²) in [5.74, 6) is -1.73. The molecule has 360 valence electrons. The summed E-state index contributed by atoms with van der Waals surface area (Å²) in [6, 6.07) is 0. The van der Waals surface area contributed by atoms with Crippen LogP contribution >= 0.6 is 0 Å².